The molecule has 0 atom stereocenters. The summed E-state index contributed by atoms with van der Waals surface area (Å²) in [5, 5.41) is 3.95. The normalized spacial score (nSPS) is 11.2. The van der Waals surface area contributed by atoms with Crippen LogP contribution in [0.3, 0.4) is 0 Å². The fraction of sp³-hybridized carbons (Fsp3) is 0.143. The number of nitrogens with one attached hydrogen (secondary N) is 1. The summed E-state index contributed by atoms with van der Waals surface area (Å²) in [5.41, 5.74) is 1.30. The van der Waals surface area contributed by atoms with Crippen molar-refractivity contribution >= 4 is 39.1 Å². The maximum Gasteiger partial charge on any atom is 0.254 e. The number of rotatable bonds is 8. The van der Waals surface area contributed by atoms with E-state index in [2.05, 4.69) is 10.3 Å². The van der Waals surface area contributed by atoms with Gasteiger partial charge >= 0.3 is 0 Å². The Morgan fingerprint density at radius 3 is 2.59 bits per heavy atom. The van der Waals surface area contributed by atoms with Gasteiger partial charge < -0.3 is 5.32 Å². The van der Waals surface area contributed by atoms with Gasteiger partial charge in [0, 0.05) is 23.5 Å². The average molecular weight is 447 g/mol. The lowest BCUT2D eigenvalue weighted by atomic mass is 10.2. The van der Waals surface area contributed by atoms with Gasteiger partial charge in [-0.05, 0) is 42.0 Å². The minimum Gasteiger partial charge on any atom is -0.348 e. The topological polar surface area (TPSA) is 76.1 Å². The van der Waals surface area contributed by atoms with Crippen molar-refractivity contribution in [3.63, 3.8) is 0 Å². The van der Waals surface area contributed by atoms with Gasteiger partial charge in [-0.25, -0.2) is 13.4 Å². The fourth-order valence-electron chi connectivity index (χ4n) is 2.60. The zero-order valence-corrected chi connectivity index (χ0v) is 17.8. The van der Waals surface area contributed by atoms with Crippen LogP contribution in [0.4, 0.5) is 0 Å². The number of sulfone groups is 1. The molecule has 29 heavy (non-hydrogen) atoms. The fourth-order valence-corrected chi connectivity index (χ4v) is 5.47. The average Bonchev–Trinajstić information content (AvgIpc) is 2.73. The molecule has 3 aromatic rings. The van der Waals surface area contributed by atoms with E-state index in [0.717, 1.165) is 5.56 Å². The molecule has 0 radical (unpaired) electrons. The Balaban J connectivity index is 1.62. The number of halogens is 1. The van der Waals surface area contributed by atoms with E-state index < -0.39 is 9.84 Å². The van der Waals surface area contributed by atoms with E-state index in [0.29, 0.717) is 32.8 Å². The largest absolute Gasteiger partial charge is 0.348 e. The smallest absolute Gasteiger partial charge is 0.254 e. The summed E-state index contributed by atoms with van der Waals surface area (Å²) in [6, 6.07) is 18.9. The Labute approximate surface area is 179 Å². The van der Waals surface area contributed by atoms with Gasteiger partial charge in [0.15, 0.2) is 9.84 Å². The lowest BCUT2D eigenvalue weighted by Gasteiger charge is -2.10. The Morgan fingerprint density at radius 1 is 1.03 bits per heavy atom. The summed E-state index contributed by atoms with van der Waals surface area (Å²) >= 11 is 7.21. The lowest BCUT2D eigenvalue weighted by molar-refractivity contribution is 0.0947. The van der Waals surface area contributed by atoms with Crippen molar-refractivity contribution < 1.29 is 13.2 Å². The molecule has 1 heterocycles. The second kappa shape index (κ2) is 9.91. The molecule has 0 saturated heterocycles. The van der Waals surface area contributed by atoms with Gasteiger partial charge in [-0.15, -0.1) is 11.8 Å². The molecule has 0 fully saturated rings. The summed E-state index contributed by atoms with van der Waals surface area (Å²) in [6.07, 6.45) is 1.59. The van der Waals surface area contributed by atoms with Crippen molar-refractivity contribution in [3.8, 4) is 0 Å². The molecular weight excluding hydrogens is 428 g/mol. The molecule has 1 aromatic heterocycles. The Kier molecular flexibility index (Phi) is 7.30. The highest BCUT2D eigenvalue weighted by Gasteiger charge is 2.16. The first-order chi connectivity index (χ1) is 14.0. The number of carbonyl (C=O) groups excluding carboxylic acids is 1. The van der Waals surface area contributed by atoms with E-state index in [1.807, 2.05) is 12.1 Å². The molecule has 0 spiro atoms. The molecule has 150 valence electrons. The summed E-state index contributed by atoms with van der Waals surface area (Å²) in [6.45, 7) is 0.334. The van der Waals surface area contributed by atoms with Crippen LogP contribution in [0.2, 0.25) is 5.02 Å². The number of hydrogen-bond acceptors (Lipinski definition) is 5. The van der Waals surface area contributed by atoms with Crippen LogP contribution in [0.15, 0.2) is 82.8 Å². The number of nitrogens with zero attached hydrogens (tertiary/aromatic N) is 1. The van der Waals surface area contributed by atoms with Gasteiger partial charge in [0.05, 0.1) is 16.2 Å². The number of amides is 1. The van der Waals surface area contributed by atoms with Gasteiger partial charge in [-0.1, -0.05) is 41.9 Å². The van der Waals surface area contributed by atoms with Crippen LogP contribution in [-0.4, -0.2) is 30.8 Å². The van der Waals surface area contributed by atoms with Crippen molar-refractivity contribution in [2.24, 2.45) is 0 Å². The predicted molar refractivity (Wildman–Crippen MR) is 116 cm³/mol. The van der Waals surface area contributed by atoms with Crippen LogP contribution in [0.25, 0.3) is 0 Å². The molecule has 0 bridgehead atoms. The first-order valence-electron chi connectivity index (χ1n) is 8.84. The zero-order chi connectivity index (χ0) is 20.7. The number of carbonyl (C=O) groups is 1. The standard InChI is InChI=1S/C21H19ClN2O3S2/c22-17-7-4-6-16(14-17)15-24-20(25)19-10-5-11-23-21(19)28-12-13-29(26,27)18-8-2-1-3-9-18/h1-11,14H,12-13,15H2,(H,24,25). The van der Waals surface area contributed by atoms with Crippen molar-refractivity contribution in [1.82, 2.24) is 10.3 Å². The Morgan fingerprint density at radius 2 is 1.83 bits per heavy atom. The number of hydrogen-bond donors (Lipinski definition) is 1. The molecule has 2 aromatic carbocycles. The highest BCUT2D eigenvalue weighted by atomic mass is 35.5. The monoisotopic (exact) mass is 446 g/mol. The summed E-state index contributed by atoms with van der Waals surface area (Å²) in [7, 11) is -3.38. The highest BCUT2D eigenvalue weighted by Crippen LogP contribution is 2.22. The van der Waals surface area contributed by atoms with Gasteiger partial charge in [0.25, 0.3) is 5.91 Å². The van der Waals surface area contributed by atoms with E-state index >= 15 is 0 Å². The summed E-state index contributed by atoms with van der Waals surface area (Å²) in [4.78, 5) is 17.1. The second-order valence-corrected chi connectivity index (χ2v) is 9.78. The SMILES string of the molecule is O=C(NCc1cccc(Cl)c1)c1cccnc1SCCS(=O)(=O)c1ccccc1. The third-order valence-electron chi connectivity index (χ3n) is 4.05. The second-order valence-electron chi connectivity index (χ2n) is 6.15. The molecule has 3 rings (SSSR count). The van der Waals surface area contributed by atoms with Crippen molar-refractivity contribution in [1.29, 1.82) is 0 Å². The maximum atomic E-state index is 12.6. The van der Waals surface area contributed by atoms with Crippen LogP contribution in [0.1, 0.15) is 15.9 Å². The number of benzene rings is 2. The molecule has 0 aliphatic heterocycles. The third-order valence-corrected chi connectivity index (χ3v) is 7.28. The van der Waals surface area contributed by atoms with Crippen LogP contribution in [0.5, 0.6) is 0 Å². The predicted octanol–water partition coefficient (Wildman–Crippen LogP) is 4.23. The van der Waals surface area contributed by atoms with Crippen molar-refractivity contribution in [2.75, 3.05) is 11.5 Å². The summed E-state index contributed by atoms with van der Waals surface area (Å²) in [5.74, 6) is -0.0172. The van der Waals surface area contributed by atoms with Gasteiger partial charge in [-0.2, -0.15) is 0 Å². The molecule has 1 N–H and O–H groups in total. The van der Waals surface area contributed by atoms with Crippen molar-refractivity contribution in [2.45, 2.75) is 16.5 Å². The van der Waals surface area contributed by atoms with Crippen LogP contribution in [0, 0.1) is 0 Å². The maximum absolute atomic E-state index is 12.6. The van der Waals surface area contributed by atoms with E-state index in [9.17, 15) is 13.2 Å². The Bertz CT molecular complexity index is 1090. The number of aromatic nitrogens is 1. The minimum atomic E-state index is -3.38. The molecule has 8 heteroatoms. The third kappa shape index (κ3) is 6.06. The minimum absolute atomic E-state index is 0.0399. The zero-order valence-electron chi connectivity index (χ0n) is 15.4. The van der Waals surface area contributed by atoms with Crippen molar-refractivity contribution in [3.05, 3.63) is 89.1 Å². The molecule has 0 aliphatic carbocycles. The molecule has 0 aliphatic rings. The number of pyridine rings is 1. The molecule has 1 amide bonds. The van der Waals surface area contributed by atoms with Crippen LogP contribution >= 0.6 is 23.4 Å². The Hall–Kier alpha value is -2.35. The van der Waals surface area contributed by atoms with Gasteiger partial charge in [0.2, 0.25) is 0 Å². The molecule has 0 saturated carbocycles. The van der Waals surface area contributed by atoms with E-state index in [4.69, 9.17) is 11.6 Å². The summed E-state index contributed by atoms with van der Waals surface area (Å²) < 4.78 is 24.8. The highest BCUT2D eigenvalue weighted by molar-refractivity contribution is 8.00. The quantitative estimate of drug-likeness (QED) is 0.524. The molecule has 0 unspecified atom stereocenters. The first kappa shape index (κ1) is 21.4. The number of thioether (sulfide) groups is 1. The van der Waals surface area contributed by atoms with Gasteiger partial charge in [-0.3, -0.25) is 4.79 Å². The van der Waals surface area contributed by atoms with E-state index in [-0.39, 0.29) is 11.7 Å². The van der Waals surface area contributed by atoms with Gasteiger partial charge in [0.1, 0.15) is 5.03 Å². The van der Waals surface area contributed by atoms with Crippen LogP contribution < -0.4 is 5.32 Å². The lowest BCUT2D eigenvalue weighted by Crippen LogP contribution is -2.23. The molecular formula is C21H19ClN2O3S2. The van der Waals surface area contributed by atoms with E-state index in [1.54, 1.807) is 60.8 Å². The van der Waals surface area contributed by atoms with Crippen LogP contribution in [-0.2, 0) is 16.4 Å². The molecule has 5 nitrogen and oxygen atoms in total. The van der Waals surface area contributed by atoms with E-state index in [1.165, 1.54) is 11.8 Å². The first-order valence-corrected chi connectivity index (χ1v) is 11.9.